The molecule has 0 radical (unpaired) electrons. The van der Waals surface area contributed by atoms with Gasteiger partial charge in [0.2, 0.25) is 0 Å². The zero-order valence-electron chi connectivity index (χ0n) is 17.3. The summed E-state index contributed by atoms with van der Waals surface area (Å²) in [5, 5.41) is 3.20. The van der Waals surface area contributed by atoms with E-state index >= 15 is 0 Å². The molecular formula is C20H29Cl2N3O4. The fourth-order valence-electron chi connectivity index (χ4n) is 2.69. The van der Waals surface area contributed by atoms with Gasteiger partial charge in [0, 0.05) is 18.1 Å². The molecule has 29 heavy (non-hydrogen) atoms. The summed E-state index contributed by atoms with van der Waals surface area (Å²) in [5.41, 5.74) is 2.03. The van der Waals surface area contributed by atoms with Gasteiger partial charge in [-0.2, -0.15) is 0 Å². The number of hydrogen-bond donors (Lipinski definition) is 2. The van der Waals surface area contributed by atoms with Crippen molar-refractivity contribution in [2.24, 2.45) is 0 Å². The molecule has 0 aliphatic carbocycles. The van der Waals surface area contributed by atoms with Gasteiger partial charge in [0.15, 0.2) is 0 Å². The highest BCUT2D eigenvalue weighted by atomic mass is 35.5. The van der Waals surface area contributed by atoms with E-state index in [2.05, 4.69) is 15.3 Å². The standard InChI is InChI=1S/C20H27N3O4.2ClH/c1-6-14-16(18(24)26-7-2)15(12-22-13-9-8-10-21-11-13)23-17(14)19(25)27-20(3,4)5;;/h8-11,22-23H,6-7,12H2,1-5H3;2*1H. The molecule has 0 saturated carbocycles. The fraction of sp³-hybridized carbons (Fsp3) is 0.450. The van der Waals surface area contributed by atoms with Crippen molar-refractivity contribution in [3.8, 4) is 0 Å². The van der Waals surface area contributed by atoms with Gasteiger partial charge in [-0.25, -0.2) is 9.59 Å². The first-order valence-electron chi connectivity index (χ1n) is 9.04. The van der Waals surface area contributed by atoms with Crippen LogP contribution in [0.25, 0.3) is 0 Å². The number of pyridine rings is 1. The van der Waals surface area contributed by atoms with Crippen molar-refractivity contribution in [1.29, 1.82) is 0 Å². The lowest BCUT2D eigenvalue weighted by atomic mass is 10.1. The molecule has 0 saturated heterocycles. The molecule has 0 aromatic carbocycles. The topological polar surface area (TPSA) is 93.3 Å². The summed E-state index contributed by atoms with van der Waals surface area (Å²) in [6, 6.07) is 3.68. The summed E-state index contributed by atoms with van der Waals surface area (Å²) >= 11 is 0. The molecule has 162 valence electrons. The van der Waals surface area contributed by atoms with Crippen molar-refractivity contribution >= 4 is 42.4 Å². The molecular weight excluding hydrogens is 417 g/mol. The largest absolute Gasteiger partial charge is 0.462 e. The molecule has 7 nitrogen and oxygen atoms in total. The van der Waals surface area contributed by atoms with E-state index in [-0.39, 0.29) is 31.4 Å². The van der Waals surface area contributed by atoms with E-state index in [4.69, 9.17) is 9.47 Å². The van der Waals surface area contributed by atoms with Crippen LogP contribution in [-0.4, -0.2) is 34.1 Å². The highest BCUT2D eigenvalue weighted by Crippen LogP contribution is 2.24. The molecule has 2 aromatic rings. The maximum atomic E-state index is 12.6. The second-order valence-electron chi connectivity index (χ2n) is 7.00. The Morgan fingerprint density at radius 2 is 1.86 bits per heavy atom. The van der Waals surface area contributed by atoms with Crippen LogP contribution in [0.5, 0.6) is 0 Å². The van der Waals surface area contributed by atoms with Gasteiger partial charge in [0.05, 0.1) is 24.4 Å². The Kier molecular flexibility index (Phi) is 10.8. The minimum absolute atomic E-state index is 0. The predicted octanol–water partition coefficient (Wildman–Crippen LogP) is 4.56. The Balaban J connectivity index is 0.00000392. The fourth-order valence-corrected chi connectivity index (χ4v) is 2.69. The van der Waals surface area contributed by atoms with Crippen molar-refractivity contribution in [3.05, 3.63) is 47.0 Å². The van der Waals surface area contributed by atoms with Gasteiger partial charge < -0.3 is 19.8 Å². The Morgan fingerprint density at radius 3 is 2.38 bits per heavy atom. The molecule has 0 fully saturated rings. The van der Waals surface area contributed by atoms with E-state index in [1.54, 1.807) is 40.1 Å². The number of anilines is 1. The Morgan fingerprint density at radius 1 is 1.17 bits per heavy atom. The first-order valence-corrected chi connectivity index (χ1v) is 9.04. The van der Waals surface area contributed by atoms with E-state index in [0.717, 1.165) is 5.69 Å². The van der Waals surface area contributed by atoms with Crippen LogP contribution < -0.4 is 5.32 Å². The average molecular weight is 446 g/mol. The number of ether oxygens (including phenoxy) is 2. The highest BCUT2D eigenvalue weighted by Gasteiger charge is 2.29. The molecule has 2 aromatic heterocycles. The van der Waals surface area contributed by atoms with E-state index < -0.39 is 17.5 Å². The van der Waals surface area contributed by atoms with Gasteiger partial charge in [-0.3, -0.25) is 4.98 Å². The third kappa shape index (κ3) is 7.25. The summed E-state index contributed by atoms with van der Waals surface area (Å²) in [4.78, 5) is 32.3. The number of hydrogen-bond acceptors (Lipinski definition) is 6. The van der Waals surface area contributed by atoms with Crippen LogP contribution in [0.4, 0.5) is 5.69 Å². The molecule has 0 atom stereocenters. The summed E-state index contributed by atoms with van der Waals surface area (Å²) in [5.74, 6) is -0.944. The highest BCUT2D eigenvalue weighted by molar-refractivity contribution is 5.99. The molecule has 0 unspecified atom stereocenters. The van der Waals surface area contributed by atoms with Crippen LogP contribution in [-0.2, 0) is 22.4 Å². The second-order valence-corrected chi connectivity index (χ2v) is 7.00. The van der Waals surface area contributed by atoms with Crippen LogP contribution in [0.1, 0.15) is 66.7 Å². The average Bonchev–Trinajstić information content (AvgIpc) is 2.98. The van der Waals surface area contributed by atoms with Gasteiger partial charge in [-0.05, 0) is 51.8 Å². The Labute approximate surface area is 183 Å². The molecule has 2 N–H and O–H groups in total. The summed E-state index contributed by atoms with van der Waals surface area (Å²) in [6.45, 7) is 9.61. The number of carbonyl (C=O) groups is 2. The maximum absolute atomic E-state index is 12.6. The number of rotatable bonds is 7. The van der Waals surface area contributed by atoms with Crippen LogP contribution in [0, 0.1) is 0 Å². The first kappa shape index (κ1) is 26.8. The zero-order chi connectivity index (χ0) is 20.0. The smallest absolute Gasteiger partial charge is 0.355 e. The number of aromatic nitrogens is 2. The quantitative estimate of drug-likeness (QED) is 0.606. The van der Waals surface area contributed by atoms with Crippen molar-refractivity contribution in [1.82, 2.24) is 9.97 Å². The monoisotopic (exact) mass is 445 g/mol. The summed E-state index contributed by atoms with van der Waals surface area (Å²) < 4.78 is 10.7. The molecule has 0 aliphatic heterocycles. The summed E-state index contributed by atoms with van der Waals surface area (Å²) in [6.07, 6.45) is 3.86. The molecule has 0 amide bonds. The van der Waals surface area contributed by atoms with Crippen LogP contribution in [0.2, 0.25) is 0 Å². The SMILES string of the molecule is CCOC(=O)c1c(CNc2cccnc2)[nH]c(C(=O)OC(C)(C)C)c1CC.Cl.Cl. The lowest BCUT2D eigenvalue weighted by Crippen LogP contribution is -2.24. The molecule has 2 rings (SSSR count). The third-order valence-corrected chi connectivity index (χ3v) is 3.75. The number of nitrogens with zero attached hydrogens (tertiary/aromatic N) is 1. The van der Waals surface area contributed by atoms with Gasteiger partial charge >= 0.3 is 11.9 Å². The van der Waals surface area contributed by atoms with E-state index in [1.165, 1.54) is 0 Å². The van der Waals surface area contributed by atoms with Gasteiger partial charge in [0.25, 0.3) is 0 Å². The maximum Gasteiger partial charge on any atom is 0.355 e. The van der Waals surface area contributed by atoms with Crippen LogP contribution in [0.15, 0.2) is 24.5 Å². The van der Waals surface area contributed by atoms with E-state index in [9.17, 15) is 9.59 Å². The summed E-state index contributed by atoms with van der Waals surface area (Å²) in [7, 11) is 0. The third-order valence-electron chi connectivity index (χ3n) is 3.75. The number of H-pyrrole nitrogens is 1. The Bertz CT molecular complexity index is 802. The molecule has 9 heteroatoms. The lowest BCUT2D eigenvalue weighted by molar-refractivity contribution is 0.00622. The van der Waals surface area contributed by atoms with Crippen molar-refractivity contribution in [2.75, 3.05) is 11.9 Å². The normalized spacial score (nSPS) is 10.4. The van der Waals surface area contributed by atoms with Crippen LogP contribution >= 0.6 is 24.8 Å². The molecule has 0 bridgehead atoms. The van der Waals surface area contributed by atoms with Gasteiger partial charge in [-0.15, -0.1) is 24.8 Å². The van der Waals surface area contributed by atoms with Crippen molar-refractivity contribution in [2.45, 2.75) is 53.2 Å². The molecule has 2 heterocycles. The van der Waals surface area contributed by atoms with Crippen molar-refractivity contribution < 1.29 is 19.1 Å². The molecule has 0 aliphatic rings. The predicted molar refractivity (Wildman–Crippen MR) is 117 cm³/mol. The van der Waals surface area contributed by atoms with Gasteiger partial charge in [-0.1, -0.05) is 6.92 Å². The second kappa shape index (κ2) is 11.7. The number of halogens is 2. The molecule has 0 spiro atoms. The van der Waals surface area contributed by atoms with E-state index in [0.29, 0.717) is 35.5 Å². The van der Waals surface area contributed by atoms with E-state index in [1.807, 2.05) is 19.1 Å². The lowest BCUT2D eigenvalue weighted by Gasteiger charge is -2.19. The number of nitrogens with one attached hydrogen (secondary N) is 2. The van der Waals surface area contributed by atoms with Gasteiger partial charge in [0.1, 0.15) is 11.3 Å². The minimum Gasteiger partial charge on any atom is -0.462 e. The van der Waals surface area contributed by atoms with Crippen molar-refractivity contribution in [3.63, 3.8) is 0 Å². The number of carbonyl (C=O) groups excluding carboxylic acids is 2. The Hall–Kier alpha value is -2.25. The number of esters is 2. The minimum atomic E-state index is -0.634. The van der Waals surface area contributed by atoms with Crippen LogP contribution in [0.3, 0.4) is 0 Å². The number of aromatic amines is 1. The zero-order valence-corrected chi connectivity index (χ0v) is 19.0. The first-order chi connectivity index (χ1) is 12.8.